The fourth-order valence-electron chi connectivity index (χ4n) is 1.39. The molecular weight excluding hydrogens is 192 g/mol. The van der Waals surface area contributed by atoms with Crippen LogP contribution in [0.1, 0.15) is 31.0 Å². The molecule has 0 unspecified atom stereocenters. The minimum Gasteiger partial charge on any atom is -0.282 e. The Hall–Kier alpha value is -1.09. The molecule has 0 amide bonds. The van der Waals surface area contributed by atoms with Crippen LogP contribution in [-0.4, -0.2) is 10.2 Å². The van der Waals surface area contributed by atoms with E-state index in [0.717, 1.165) is 5.69 Å². The number of hydrogen-bond donors (Lipinski definition) is 1. The Labute approximate surface area is 88.0 Å². The second-order valence-corrected chi connectivity index (χ2v) is 4.58. The number of aryl methyl sites for hydroxylation is 1. The second-order valence-electron chi connectivity index (χ2n) is 3.83. The van der Waals surface area contributed by atoms with Crippen molar-refractivity contribution in [2.24, 2.45) is 0 Å². The van der Waals surface area contributed by atoms with Gasteiger partial charge in [0.25, 0.3) is 0 Å². The third-order valence-electron chi connectivity index (χ3n) is 2.35. The van der Waals surface area contributed by atoms with Crippen molar-refractivity contribution < 1.29 is 0 Å². The van der Waals surface area contributed by atoms with Gasteiger partial charge in [0.05, 0.1) is 5.69 Å². The van der Waals surface area contributed by atoms with Gasteiger partial charge in [0.2, 0.25) is 0 Å². The molecule has 0 bridgehead atoms. The molecule has 74 valence electrons. The van der Waals surface area contributed by atoms with E-state index >= 15 is 0 Å². The van der Waals surface area contributed by atoms with Crippen LogP contribution < -0.4 is 0 Å². The van der Waals surface area contributed by atoms with Gasteiger partial charge in [0, 0.05) is 16.6 Å². The summed E-state index contributed by atoms with van der Waals surface area (Å²) in [5, 5.41) is 11.7. The highest BCUT2D eigenvalue weighted by atomic mass is 32.1. The number of aromatic nitrogens is 2. The van der Waals surface area contributed by atoms with Gasteiger partial charge in [-0.05, 0) is 29.9 Å². The molecule has 0 atom stereocenters. The number of H-pyrrole nitrogens is 1. The van der Waals surface area contributed by atoms with Crippen LogP contribution >= 0.6 is 11.3 Å². The van der Waals surface area contributed by atoms with Gasteiger partial charge in [-0.15, -0.1) is 0 Å². The first-order chi connectivity index (χ1) is 6.68. The van der Waals surface area contributed by atoms with Crippen LogP contribution in [-0.2, 0) is 0 Å². The van der Waals surface area contributed by atoms with Crippen molar-refractivity contribution in [3.05, 3.63) is 28.1 Å². The van der Waals surface area contributed by atoms with Crippen molar-refractivity contribution in [1.29, 1.82) is 0 Å². The first-order valence-electron chi connectivity index (χ1n) is 4.77. The summed E-state index contributed by atoms with van der Waals surface area (Å²) in [7, 11) is 0. The van der Waals surface area contributed by atoms with Gasteiger partial charge in [-0.3, -0.25) is 5.10 Å². The van der Waals surface area contributed by atoms with E-state index in [1.165, 1.54) is 16.8 Å². The van der Waals surface area contributed by atoms with E-state index in [2.05, 4.69) is 47.8 Å². The van der Waals surface area contributed by atoms with E-state index < -0.39 is 0 Å². The summed E-state index contributed by atoms with van der Waals surface area (Å²) in [5.41, 5.74) is 4.81. The molecule has 0 aliphatic heterocycles. The number of nitrogens with one attached hydrogen (secondary N) is 1. The van der Waals surface area contributed by atoms with Crippen molar-refractivity contribution in [2.75, 3.05) is 0 Å². The molecule has 0 spiro atoms. The minimum atomic E-state index is 0.509. The Morgan fingerprint density at radius 3 is 2.64 bits per heavy atom. The Morgan fingerprint density at radius 2 is 2.14 bits per heavy atom. The summed E-state index contributed by atoms with van der Waals surface area (Å²) in [6, 6.07) is 2.14. The van der Waals surface area contributed by atoms with Gasteiger partial charge < -0.3 is 0 Å². The Morgan fingerprint density at radius 1 is 1.36 bits per heavy atom. The minimum absolute atomic E-state index is 0.509. The zero-order valence-electron chi connectivity index (χ0n) is 8.66. The fourth-order valence-corrected chi connectivity index (χ4v) is 2.24. The lowest BCUT2D eigenvalue weighted by Gasteiger charge is -1.96. The quantitative estimate of drug-likeness (QED) is 0.799. The van der Waals surface area contributed by atoms with E-state index in [1.54, 1.807) is 11.3 Å². The predicted molar refractivity (Wildman–Crippen MR) is 60.7 cm³/mol. The number of hydrogen-bond acceptors (Lipinski definition) is 2. The molecule has 0 aliphatic carbocycles. The highest BCUT2D eigenvalue weighted by Crippen LogP contribution is 2.26. The molecule has 2 aromatic rings. The van der Waals surface area contributed by atoms with Gasteiger partial charge in [0.15, 0.2) is 0 Å². The zero-order valence-corrected chi connectivity index (χ0v) is 9.48. The highest BCUT2D eigenvalue weighted by Gasteiger charge is 2.08. The first kappa shape index (κ1) is 9.46. The molecule has 0 aliphatic rings. The Kier molecular flexibility index (Phi) is 2.42. The number of aromatic amines is 1. The third-order valence-corrected chi connectivity index (χ3v) is 3.21. The van der Waals surface area contributed by atoms with E-state index in [1.807, 2.05) is 0 Å². The average molecular weight is 206 g/mol. The number of nitrogens with zero attached hydrogens (tertiary/aromatic N) is 1. The third kappa shape index (κ3) is 1.60. The van der Waals surface area contributed by atoms with E-state index in [0.29, 0.717) is 5.92 Å². The Bertz CT molecular complexity index is 426. The summed E-state index contributed by atoms with van der Waals surface area (Å²) in [6.45, 7) is 6.45. The summed E-state index contributed by atoms with van der Waals surface area (Å²) in [5.74, 6) is 0.509. The molecule has 0 aromatic carbocycles. The highest BCUT2D eigenvalue weighted by molar-refractivity contribution is 7.08. The molecular formula is C11H14N2S. The molecule has 0 fully saturated rings. The smallest absolute Gasteiger partial charge is 0.0934 e. The van der Waals surface area contributed by atoms with Crippen LogP contribution in [0.2, 0.25) is 0 Å². The molecule has 2 heterocycles. The van der Waals surface area contributed by atoms with Gasteiger partial charge in [-0.2, -0.15) is 16.4 Å². The van der Waals surface area contributed by atoms with E-state index in [-0.39, 0.29) is 0 Å². The summed E-state index contributed by atoms with van der Waals surface area (Å²) in [6.07, 6.45) is 0. The normalized spacial score (nSPS) is 11.1. The maximum atomic E-state index is 4.32. The number of thiophene rings is 1. The van der Waals surface area contributed by atoms with Gasteiger partial charge in [-0.25, -0.2) is 0 Å². The maximum absolute atomic E-state index is 4.32. The lowest BCUT2D eigenvalue weighted by molar-refractivity contribution is 0.811. The zero-order chi connectivity index (χ0) is 10.1. The molecule has 14 heavy (non-hydrogen) atoms. The lowest BCUT2D eigenvalue weighted by atomic mass is 10.1. The number of rotatable bonds is 2. The van der Waals surface area contributed by atoms with E-state index in [9.17, 15) is 0 Å². The van der Waals surface area contributed by atoms with Crippen LogP contribution in [0, 0.1) is 6.92 Å². The monoisotopic (exact) mass is 206 g/mol. The maximum Gasteiger partial charge on any atom is 0.0934 e. The van der Waals surface area contributed by atoms with Crippen LogP contribution in [0.15, 0.2) is 16.8 Å². The molecule has 0 saturated heterocycles. The lowest BCUT2D eigenvalue weighted by Crippen LogP contribution is -1.85. The molecule has 2 rings (SSSR count). The molecule has 2 nitrogen and oxygen atoms in total. The Balaban J connectivity index is 2.39. The van der Waals surface area contributed by atoms with Crippen molar-refractivity contribution in [2.45, 2.75) is 26.7 Å². The van der Waals surface area contributed by atoms with Crippen LogP contribution in [0.5, 0.6) is 0 Å². The van der Waals surface area contributed by atoms with Crippen LogP contribution in [0.4, 0.5) is 0 Å². The van der Waals surface area contributed by atoms with Crippen molar-refractivity contribution >= 4 is 11.3 Å². The predicted octanol–water partition coefficient (Wildman–Crippen LogP) is 3.57. The molecule has 1 N–H and O–H groups in total. The van der Waals surface area contributed by atoms with Crippen molar-refractivity contribution in [1.82, 2.24) is 10.2 Å². The van der Waals surface area contributed by atoms with Crippen molar-refractivity contribution in [3.63, 3.8) is 0 Å². The summed E-state index contributed by atoms with van der Waals surface area (Å²) in [4.78, 5) is 0. The second kappa shape index (κ2) is 3.58. The largest absolute Gasteiger partial charge is 0.282 e. The molecule has 0 saturated carbocycles. The molecule has 2 aromatic heterocycles. The van der Waals surface area contributed by atoms with Gasteiger partial charge >= 0.3 is 0 Å². The standard InChI is InChI=1S/C11H14N2S/c1-7(2)10-4-11(13-12-10)9-6-14-5-8(9)3/h4-7H,1-3H3,(H,12,13). The van der Waals surface area contributed by atoms with Crippen LogP contribution in [0.3, 0.4) is 0 Å². The summed E-state index contributed by atoms with van der Waals surface area (Å²) < 4.78 is 0. The van der Waals surface area contributed by atoms with Gasteiger partial charge in [0.1, 0.15) is 0 Å². The van der Waals surface area contributed by atoms with Gasteiger partial charge in [-0.1, -0.05) is 13.8 Å². The first-order valence-corrected chi connectivity index (χ1v) is 5.71. The van der Waals surface area contributed by atoms with Crippen molar-refractivity contribution in [3.8, 4) is 11.3 Å². The fraction of sp³-hybridized carbons (Fsp3) is 0.364. The van der Waals surface area contributed by atoms with Crippen LogP contribution in [0.25, 0.3) is 11.3 Å². The van der Waals surface area contributed by atoms with E-state index in [4.69, 9.17) is 0 Å². The molecule has 0 radical (unpaired) electrons. The SMILES string of the molecule is Cc1cscc1-c1cc(C(C)C)[nH]n1. The molecule has 3 heteroatoms. The summed E-state index contributed by atoms with van der Waals surface area (Å²) >= 11 is 1.72. The average Bonchev–Trinajstić information content (AvgIpc) is 2.71. The topological polar surface area (TPSA) is 28.7 Å².